The summed E-state index contributed by atoms with van der Waals surface area (Å²) < 4.78 is 5.92. The first kappa shape index (κ1) is 8.59. The molecule has 0 N–H and O–H groups in total. The molecule has 2 heteroatoms. The van der Waals surface area contributed by atoms with Gasteiger partial charge in [0, 0.05) is 5.60 Å². The molecule has 0 aromatic carbocycles. The topological polar surface area (TPSA) is 9.23 Å². The molecule has 1 heterocycles. The van der Waals surface area contributed by atoms with Gasteiger partial charge in [0.25, 0.3) is 0 Å². The third kappa shape index (κ3) is 1.75. The van der Waals surface area contributed by atoms with Gasteiger partial charge in [0.15, 0.2) is 0 Å². The molecular weight excluding hydrogens is 139 g/mol. The van der Waals surface area contributed by atoms with Gasteiger partial charge in [-0.25, -0.2) is 0 Å². The molecule has 0 aromatic heterocycles. The molecule has 1 aliphatic heterocycles. The molecule has 1 nitrogen and oxygen atoms in total. The second kappa shape index (κ2) is 2.85. The standard InChI is InChI=1S/C7H14O.CH3.Al/c1-5-6(2)7(3,4)8;;/h6H,1,5H2,2-4H3;1H3;/q-1;;+1. The van der Waals surface area contributed by atoms with Crippen LogP contribution < -0.4 is 0 Å². The van der Waals surface area contributed by atoms with Crippen LogP contribution in [-0.2, 0) is 3.79 Å². The minimum atomic E-state index is -0.758. The average molecular weight is 156 g/mol. The fraction of sp³-hybridized carbons (Fsp3) is 1.00. The molecule has 0 spiro atoms. The predicted octanol–water partition coefficient (Wildman–Crippen LogP) is 2.44. The van der Waals surface area contributed by atoms with E-state index < -0.39 is 14.5 Å². The average Bonchev–Trinajstić information content (AvgIpc) is 1.78. The molecule has 1 atom stereocenters. The van der Waals surface area contributed by atoms with Crippen LogP contribution in [0.25, 0.3) is 0 Å². The lowest BCUT2D eigenvalue weighted by Gasteiger charge is -2.39. The van der Waals surface area contributed by atoms with E-state index in [1.165, 1.54) is 11.7 Å². The maximum absolute atomic E-state index is 5.92. The van der Waals surface area contributed by atoms with Crippen molar-refractivity contribution < 1.29 is 3.79 Å². The molecule has 10 heavy (non-hydrogen) atoms. The van der Waals surface area contributed by atoms with E-state index in [9.17, 15) is 0 Å². The van der Waals surface area contributed by atoms with Crippen LogP contribution in [0.5, 0.6) is 0 Å². The van der Waals surface area contributed by atoms with Gasteiger partial charge in [-0.1, -0.05) is 24.4 Å². The van der Waals surface area contributed by atoms with Crippen LogP contribution in [0.2, 0.25) is 11.1 Å². The van der Waals surface area contributed by atoms with Crippen molar-refractivity contribution in [2.24, 2.45) is 5.92 Å². The van der Waals surface area contributed by atoms with Crippen molar-refractivity contribution in [2.75, 3.05) is 0 Å². The van der Waals surface area contributed by atoms with Crippen molar-refractivity contribution in [1.82, 2.24) is 0 Å². The Morgan fingerprint density at radius 2 is 2.10 bits per heavy atom. The van der Waals surface area contributed by atoms with E-state index >= 15 is 0 Å². The Kier molecular flexibility index (Phi) is 2.45. The third-order valence-corrected chi connectivity index (χ3v) is 4.85. The Balaban J connectivity index is 2.55. The predicted molar refractivity (Wildman–Crippen MR) is 45.4 cm³/mol. The first-order chi connectivity index (χ1) is 4.52. The SMILES string of the molecule is CC1C[CH2][Al]([CH3])[O]C1(C)C. The largest absolute Gasteiger partial charge is 0.496 e. The lowest BCUT2D eigenvalue weighted by Crippen LogP contribution is -2.42. The van der Waals surface area contributed by atoms with E-state index in [0.717, 1.165) is 5.92 Å². The number of hydrogen-bond donors (Lipinski definition) is 0. The number of rotatable bonds is 0. The van der Waals surface area contributed by atoms with Crippen LogP contribution in [0.3, 0.4) is 0 Å². The molecule has 1 aliphatic rings. The monoisotopic (exact) mass is 156 g/mol. The Bertz CT molecular complexity index is 122. The number of hydrogen-bond acceptors (Lipinski definition) is 1. The van der Waals surface area contributed by atoms with Gasteiger partial charge in [-0.15, -0.1) is 0 Å². The highest BCUT2D eigenvalue weighted by atomic mass is 27.2. The molecule has 0 amide bonds. The van der Waals surface area contributed by atoms with Gasteiger partial charge in [0.2, 0.25) is 0 Å². The second-order valence-electron chi connectivity index (χ2n) is 4.01. The highest BCUT2D eigenvalue weighted by molar-refractivity contribution is 6.50. The summed E-state index contributed by atoms with van der Waals surface area (Å²) in [7, 11) is 0. The fourth-order valence-electron chi connectivity index (χ4n) is 1.53. The Hall–Kier alpha value is 0.492. The molecule has 0 saturated carbocycles. The molecule has 58 valence electrons. The summed E-state index contributed by atoms with van der Waals surface area (Å²) in [4.78, 5) is 0. The fourth-order valence-corrected chi connectivity index (χ4v) is 3.88. The molecule has 1 fully saturated rings. The summed E-state index contributed by atoms with van der Waals surface area (Å²) in [6.07, 6.45) is 1.38. The van der Waals surface area contributed by atoms with E-state index in [4.69, 9.17) is 3.79 Å². The van der Waals surface area contributed by atoms with Crippen molar-refractivity contribution in [3.8, 4) is 0 Å². The van der Waals surface area contributed by atoms with Crippen LogP contribution in [0.1, 0.15) is 27.2 Å². The van der Waals surface area contributed by atoms with E-state index in [0.29, 0.717) is 0 Å². The van der Waals surface area contributed by atoms with Crippen molar-refractivity contribution >= 4 is 14.5 Å². The Morgan fingerprint density at radius 3 is 2.50 bits per heavy atom. The maximum Gasteiger partial charge on any atom is 0.457 e. The molecule has 0 aliphatic carbocycles. The lowest BCUT2D eigenvalue weighted by molar-refractivity contribution is 0.0311. The van der Waals surface area contributed by atoms with E-state index in [1.807, 2.05) is 0 Å². The minimum Gasteiger partial charge on any atom is -0.496 e. The summed E-state index contributed by atoms with van der Waals surface area (Å²) in [5.41, 5.74) is 0.171. The quantitative estimate of drug-likeness (QED) is 0.489. The van der Waals surface area contributed by atoms with Gasteiger partial charge in [-0.05, 0) is 19.8 Å². The lowest BCUT2D eigenvalue weighted by atomic mass is 9.91. The van der Waals surface area contributed by atoms with Gasteiger partial charge in [0.05, 0.1) is 0 Å². The summed E-state index contributed by atoms with van der Waals surface area (Å²) >= 11 is -0.758. The molecule has 1 saturated heterocycles. The van der Waals surface area contributed by atoms with E-state index in [2.05, 4.69) is 26.6 Å². The first-order valence-corrected chi connectivity index (χ1v) is 6.64. The van der Waals surface area contributed by atoms with Gasteiger partial charge >= 0.3 is 14.5 Å². The van der Waals surface area contributed by atoms with Crippen molar-refractivity contribution in [3.63, 3.8) is 0 Å². The molecule has 0 aromatic rings. The van der Waals surface area contributed by atoms with Crippen LogP contribution in [0, 0.1) is 5.92 Å². The molecular formula is C8H17AlO. The summed E-state index contributed by atoms with van der Waals surface area (Å²) in [6, 6.07) is 0. The minimum absolute atomic E-state index is 0.171. The maximum atomic E-state index is 5.92. The molecule has 1 rings (SSSR count). The highest BCUT2D eigenvalue weighted by Crippen LogP contribution is 2.32. The van der Waals surface area contributed by atoms with Crippen molar-refractivity contribution in [1.29, 1.82) is 0 Å². The second-order valence-corrected chi connectivity index (χ2v) is 6.44. The van der Waals surface area contributed by atoms with Crippen LogP contribution >= 0.6 is 0 Å². The van der Waals surface area contributed by atoms with Gasteiger partial charge in [-0.3, -0.25) is 0 Å². The smallest absolute Gasteiger partial charge is 0.457 e. The summed E-state index contributed by atoms with van der Waals surface area (Å²) in [5, 5.41) is 1.37. The highest BCUT2D eigenvalue weighted by Gasteiger charge is 2.35. The van der Waals surface area contributed by atoms with Crippen molar-refractivity contribution in [2.45, 2.75) is 43.9 Å². The van der Waals surface area contributed by atoms with Gasteiger partial charge in [-0.2, -0.15) is 0 Å². The zero-order chi connectivity index (χ0) is 7.78. The molecule has 1 unspecified atom stereocenters. The van der Waals surface area contributed by atoms with Gasteiger partial charge < -0.3 is 3.79 Å². The first-order valence-electron chi connectivity index (χ1n) is 4.20. The van der Waals surface area contributed by atoms with Gasteiger partial charge in [0.1, 0.15) is 0 Å². The molecule has 0 radical (unpaired) electrons. The zero-order valence-electron chi connectivity index (χ0n) is 7.48. The molecule has 0 bridgehead atoms. The Morgan fingerprint density at radius 1 is 1.50 bits per heavy atom. The van der Waals surface area contributed by atoms with Crippen LogP contribution in [0.4, 0.5) is 0 Å². The summed E-state index contributed by atoms with van der Waals surface area (Å²) in [5.74, 6) is 3.05. The van der Waals surface area contributed by atoms with E-state index in [-0.39, 0.29) is 5.60 Å². The normalized spacial score (nSPS) is 32.4. The zero-order valence-corrected chi connectivity index (χ0v) is 8.63. The Labute approximate surface area is 68.5 Å². The van der Waals surface area contributed by atoms with Crippen LogP contribution in [0.15, 0.2) is 0 Å². The van der Waals surface area contributed by atoms with E-state index in [1.54, 1.807) is 0 Å². The summed E-state index contributed by atoms with van der Waals surface area (Å²) in [6.45, 7) is 6.74. The van der Waals surface area contributed by atoms with Crippen LogP contribution in [-0.4, -0.2) is 20.1 Å². The van der Waals surface area contributed by atoms with Crippen molar-refractivity contribution in [3.05, 3.63) is 0 Å². The third-order valence-electron chi connectivity index (χ3n) is 2.70.